The van der Waals surface area contributed by atoms with E-state index in [4.69, 9.17) is 4.74 Å². The molecule has 6 nitrogen and oxygen atoms in total. The average Bonchev–Trinajstić information content (AvgIpc) is 2.41. The number of ether oxygens (including phenoxy) is 1. The first kappa shape index (κ1) is 17.6. The van der Waals surface area contributed by atoms with Crippen LogP contribution in [-0.2, 0) is 19.6 Å². The molecule has 0 bridgehead atoms. The number of amides is 1. The maximum absolute atomic E-state index is 12.1. The van der Waals surface area contributed by atoms with Gasteiger partial charge < -0.3 is 10.1 Å². The lowest BCUT2D eigenvalue weighted by Gasteiger charge is -2.10. The maximum Gasteiger partial charge on any atom is 0.240 e. The van der Waals surface area contributed by atoms with Gasteiger partial charge in [0.2, 0.25) is 15.9 Å². The fourth-order valence-electron chi connectivity index (χ4n) is 1.85. The third-order valence-electron chi connectivity index (χ3n) is 2.89. The van der Waals surface area contributed by atoms with Crippen LogP contribution >= 0.6 is 0 Å². The second-order valence-electron chi connectivity index (χ2n) is 4.76. The Hall–Kier alpha value is -1.44. The number of methoxy groups -OCH3 is 1. The van der Waals surface area contributed by atoms with E-state index in [0.717, 1.165) is 5.56 Å². The lowest BCUT2D eigenvalue weighted by molar-refractivity contribution is -0.121. The largest absolute Gasteiger partial charge is 0.384 e. The van der Waals surface area contributed by atoms with Crippen LogP contribution in [0.5, 0.6) is 0 Å². The van der Waals surface area contributed by atoms with Crippen LogP contribution in [0.15, 0.2) is 23.1 Å². The predicted octanol–water partition coefficient (Wildman–Crippen LogP) is 0.734. The molecule has 21 heavy (non-hydrogen) atoms. The smallest absolute Gasteiger partial charge is 0.240 e. The number of sulfonamides is 1. The average molecular weight is 314 g/mol. The van der Waals surface area contributed by atoms with Gasteiger partial charge >= 0.3 is 0 Å². The number of aryl methyl sites for hydroxylation is 2. The molecule has 0 atom stereocenters. The molecule has 1 amide bonds. The van der Waals surface area contributed by atoms with Gasteiger partial charge in [-0.25, -0.2) is 13.1 Å². The lowest BCUT2D eigenvalue weighted by Crippen LogP contribution is -2.35. The summed E-state index contributed by atoms with van der Waals surface area (Å²) in [7, 11) is -2.03. The van der Waals surface area contributed by atoms with E-state index in [2.05, 4.69) is 10.0 Å². The minimum Gasteiger partial charge on any atom is -0.384 e. The van der Waals surface area contributed by atoms with Crippen molar-refractivity contribution in [2.45, 2.75) is 25.2 Å². The molecule has 0 radical (unpaired) electrons. The van der Waals surface area contributed by atoms with Crippen LogP contribution in [0, 0.1) is 13.8 Å². The van der Waals surface area contributed by atoms with E-state index in [9.17, 15) is 13.2 Å². The van der Waals surface area contributed by atoms with Gasteiger partial charge in [0.05, 0.1) is 11.5 Å². The molecule has 0 aromatic heterocycles. The van der Waals surface area contributed by atoms with Crippen LogP contribution in [0.1, 0.15) is 17.5 Å². The van der Waals surface area contributed by atoms with Crippen molar-refractivity contribution in [1.82, 2.24) is 10.0 Å². The fraction of sp³-hybridized carbons (Fsp3) is 0.500. The number of benzene rings is 1. The van der Waals surface area contributed by atoms with E-state index >= 15 is 0 Å². The standard InChI is InChI=1S/C14H22N2O4S/c1-11-4-5-13(12(2)10-11)21(18,19)16-8-7-15-14(17)6-9-20-3/h4-5,10,16H,6-9H2,1-3H3,(H,15,17). The summed E-state index contributed by atoms with van der Waals surface area (Å²) >= 11 is 0. The number of carbonyl (C=O) groups excluding carboxylic acids is 1. The molecule has 1 rings (SSSR count). The Kier molecular flexibility index (Phi) is 6.80. The van der Waals surface area contributed by atoms with E-state index < -0.39 is 10.0 Å². The highest BCUT2D eigenvalue weighted by Crippen LogP contribution is 2.15. The van der Waals surface area contributed by atoms with Gasteiger partial charge in [0, 0.05) is 26.6 Å². The van der Waals surface area contributed by atoms with Crippen molar-refractivity contribution in [3.05, 3.63) is 29.3 Å². The minimum atomic E-state index is -3.55. The van der Waals surface area contributed by atoms with Crippen LogP contribution in [-0.4, -0.2) is 41.1 Å². The fourth-order valence-corrected chi connectivity index (χ4v) is 3.11. The van der Waals surface area contributed by atoms with Crippen LogP contribution in [0.3, 0.4) is 0 Å². The molecule has 0 saturated carbocycles. The van der Waals surface area contributed by atoms with Crippen molar-refractivity contribution < 1.29 is 17.9 Å². The van der Waals surface area contributed by atoms with Gasteiger partial charge in [-0.15, -0.1) is 0 Å². The molecule has 7 heteroatoms. The Morgan fingerprint density at radius 3 is 2.57 bits per heavy atom. The third kappa shape index (κ3) is 5.82. The molecule has 1 aromatic rings. The summed E-state index contributed by atoms with van der Waals surface area (Å²) in [6.45, 7) is 4.40. The van der Waals surface area contributed by atoms with Gasteiger partial charge in [0.1, 0.15) is 0 Å². The van der Waals surface area contributed by atoms with E-state index in [1.807, 2.05) is 13.0 Å². The van der Waals surface area contributed by atoms with Crippen LogP contribution in [0.4, 0.5) is 0 Å². The van der Waals surface area contributed by atoms with Crippen LogP contribution in [0.25, 0.3) is 0 Å². The summed E-state index contributed by atoms with van der Waals surface area (Å²) in [5.41, 5.74) is 1.71. The Balaban J connectivity index is 2.48. The van der Waals surface area contributed by atoms with Gasteiger partial charge in [-0.2, -0.15) is 0 Å². The lowest BCUT2D eigenvalue weighted by atomic mass is 10.2. The summed E-state index contributed by atoms with van der Waals surface area (Å²) in [6, 6.07) is 5.17. The number of rotatable bonds is 8. The molecule has 0 unspecified atom stereocenters. The number of carbonyl (C=O) groups is 1. The normalized spacial score (nSPS) is 11.4. The topological polar surface area (TPSA) is 84.5 Å². The molecule has 0 heterocycles. The minimum absolute atomic E-state index is 0.147. The molecule has 2 N–H and O–H groups in total. The summed E-state index contributed by atoms with van der Waals surface area (Å²) in [5.74, 6) is -0.164. The van der Waals surface area contributed by atoms with E-state index in [0.29, 0.717) is 12.2 Å². The molecule has 0 saturated heterocycles. The quantitative estimate of drug-likeness (QED) is 0.693. The monoisotopic (exact) mass is 314 g/mol. The highest BCUT2D eigenvalue weighted by molar-refractivity contribution is 7.89. The number of nitrogens with one attached hydrogen (secondary N) is 2. The van der Waals surface area contributed by atoms with Crippen LogP contribution < -0.4 is 10.0 Å². The molecule has 1 aromatic carbocycles. The van der Waals surface area contributed by atoms with Crippen LogP contribution in [0.2, 0.25) is 0 Å². The van der Waals surface area contributed by atoms with Crippen molar-refractivity contribution in [3.8, 4) is 0 Å². The van der Waals surface area contributed by atoms with Gasteiger partial charge in [-0.3, -0.25) is 4.79 Å². The Labute approximate surface area is 125 Å². The van der Waals surface area contributed by atoms with E-state index in [1.165, 1.54) is 7.11 Å². The molecule has 0 fully saturated rings. The van der Waals surface area contributed by atoms with Gasteiger partial charge in [0.25, 0.3) is 0 Å². The predicted molar refractivity (Wildman–Crippen MR) is 80.6 cm³/mol. The number of hydrogen-bond donors (Lipinski definition) is 2. The van der Waals surface area contributed by atoms with E-state index in [1.54, 1.807) is 19.1 Å². The summed E-state index contributed by atoms with van der Waals surface area (Å²) in [5, 5.41) is 2.62. The molecule has 0 aliphatic rings. The second-order valence-corrected chi connectivity index (χ2v) is 6.49. The van der Waals surface area contributed by atoms with Crippen molar-refractivity contribution >= 4 is 15.9 Å². The molecule has 0 aliphatic heterocycles. The molecular weight excluding hydrogens is 292 g/mol. The van der Waals surface area contributed by atoms with Crippen molar-refractivity contribution in [1.29, 1.82) is 0 Å². The maximum atomic E-state index is 12.1. The SMILES string of the molecule is COCCC(=O)NCCNS(=O)(=O)c1ccc(C)cc1C. The zero-order valence-corrected chi connectivity index (χ0v) is 13.4. The van der Waals surface area contributed by atoms with Crippen molar-refractivity contribution in [2.24, 2.45) is 0 Å². The number of hydrogen-bond acceptors (Lipinski definition) is 4. The van der Waals surface area contributed by atoms with E-state index in [-0.39, 0.29) is 30.3 Å². The first-order chi connectivity index (χ1) is 9.86. The zero-order chi connectivity index (χ0) is 15.9. The first-order valence-corrected chi connectivity index (χ1v) is 8.17. The van der Waals surface area contributed by atoms with Gasteiger partial charge in [-0.1, -0.05) is 17.7 Å². The molecule has 118 valence electrons. The molecular formula is C14H22N2O4S. The Morgan fingerprint density at radius 2 is 1.95 bits per heavy atom. The molecule has 0 aliphatic carbocycles. The highest BCUT2D eigenvalue weighted by atomic mass is 32.2. The summed E-state index contributed by atoms with van der Waals surface area (Å²) < 4.78 is 31.5. The summed E-state index contributed by atoms with van der Waals surface area (Å²) in [4.78, 5) is 11.6. The summed E-state index contributed by atoms with van der Waals surface area (Å²) in [6.07, 6.45) is 0.264. The van der Waals surface area contributed by atoms with Crippen molar-refractivity contribution in [2.75, 3.05) is 26.8 Å². The Morgan fingerprint density at radius 1 is 1.24 bits per heavy atom. The zero-order valence-electron chi connectivity index (χ0n) is 12.6. The molecule has 0 spiro atoms. The van der Waals surface area contributed by atoms with Gasteiger partial charge in [-0.05, 0) is 25.5 Å². The third-order valence-corrected chi connectivity index (χ3v) is 4.51. The second kappa shape index (κ2) is 8.11. The van der Waals surface area contributed by atoms with Gasteiger partial charge in [0.15, 0.2) is 0 Å². The van der Waals surface area contributed by atoms with Crippen molar-refractivity contribution in [3.63, 3.8) is 0 Å². The highest BCUT2D eigenvalue weighted by Gasteiger charge is 2.15. The first-order valence-electron chi connectivity index (χ1n) is 6.69. The Bertz CT molecular complexity index is 585.